The summed E-state index contributed by atoms with van der Waals surface area (Å²) in [5.74, 6) is 0.485. The second-order valence-electron chi connectivity index (χ2n) is 5.13. The summed E-state index contributed by atoms with van der Waals surface area (Å²) in [6.07, 6.45) is 5.04. The zero-order valence-corrected chi connectivity index (χ0v) is 11.4. The lowest BCUT2D eigenvalue weighted by Gasteiger charge is -2.07. The first-order chi connectivity index (χ1) is 8.04. The number of aryl methyl sites for hydroxylation is 1. The van der Waals surface area contributed by atoms with Gasteiger partial charge >= 0.3 is 0 Å². The Kier molecular flexibility index (Phi) is 3.18. The van der Waals surface area contributed by atoms with Gasteiger partial charge in [0.2, 0.25) is 0 Å². The van der Waals surface area contributed by atoms with Crippen molar-refractivity contribution in [2.45, 2.75) is 53.0 Å². The molecule has 0 atom stereocenters. The minimum atomic E-state index is 0.423. The van der Waals surface area contributed by atoms with Gasteiger partial charge in [-0.05, 0) is 26.2 Å². The Morgan fingerprint density at radius 3 is 2.47 bits per heavy atom. The third-order valence-electron chi connectivity index (χ3n) is 3.14. The standard InChI is InChI=1S/C14H21N3/c1-6-11-7-15-14-13(16-11)12(9(2)3)8-17(14)10(4)5/h7-10H,6H2,1-5H3. The highest BCUT2D eigenvalue weighted by Crippen LogP contribution is 2.27. The van der Waals surface area contributed by atoms with Gasteiger partial charge < -0.3 is 4.57 Å². The Morgan fingerprint density at radius 2 is 1.94 bits per heavy atom. The molecular weight excluding hydrogens is 210 g/mol. The van der Waals surface area contributed by atoms with E-state index in [1.807, 2.05) is 6.20 Å². The Morgan fingerprint density at radius 1 is 1.24 bits per heavy atom. The van der Waals surface area contributed by atoms with Gasteiger partial charge in [-0.15, -0.1) is 0 Å². The van der Waals surface area contributed by atoms with E-state index in [-0.39, 0.29) is 0 Å². The van der Waals surface area contributed by atoms with E-state index in [1.165, 1.54) is 5.56 Å². The molecule has 0 aromatic carbocycles. The van der Waals surface area contributed by atoms with Crippen LogP contribution in [0.4, 0.5) is 0 Å². The van der Waals surface area contributed by atoms with Crippen LogP contribution < -0.4 is 0 Å². The lowest BCUT2D eigenvalue weighted by molar-refractivity contribution is 0.614. The molecule has 2 rings (SSSR count). The van der Waals surface area contributed by atoms with Gasteiger partial charge in [-0.25, -0.2) is 9.97 Å². The highest BCUT2D eigenvalue weighted by molar-refractivity contribution is 5.76. The highest BCUT2D eigenvalue weighted by Gasteiger charge is 2.15. The second kappa shape index (κ2) is 4.47. The Labute approximate surface area is 103 Å². The van der Waals surface area contributed by atoms with Crippen LogP contribution in [0.5, 0.6) is 0 Å². The van der Waals surface area contributed by atoms with Crippen molar-refractivity contribution >= 4 is 11.2 Å². The molecule has 0 aliphatic rings. The summed E-state index contributed by atoms with van der Waals surface area (Å²) in [6, 6.07) is 0.423. The van der Waals surface area contributed by atoms with Crippen molar-refractivity contribution in [2.75, 3.05) is 0 Å². The number of aromatic nitrogens is 3. The molecule has 0 aliphatic heterocycles. The first-order valence-corrected chi connectivity index (χ1v) is 6.41. The van der Waals surface area contributed by atoms with E-state index < -0.39 is 0 Å². The van der Waals surface area contributed by atoms with E-state index in [0.29, 0.717) is 12.0 Å². The molecule has 0 saturated carbocycles. The fourth-order valence-electron chi connectivity index (χ4n) is 2.06. The average molecular weight is 231 g/mol. The lowest BCUT2D eigenvalue weighted by atomic mass is 10.1. The molecular formula is C14H21N3. The van der Waals surface area contributed by atoms with Crippen LogP contribution in [0.1, 0.15) is 57.8 Å². The predicted octanol–water partition coefficient (Wildman–Crippen LogP) is 3.70. The molecule has 17 heavy (non-hydrogen) atoms. The van der Waals surface area contributed by atoms with Crippen LogP contribution in [0, 0.1) is 0 Å². The van der Waals surface area contributed by atoms with Crippen LogP contribution in [-0.2, 0) is 6.42 Å². The van der Waals surface area contributed by atoms with E-state index in [0.717, 1.165) is 23.3 Å². The summed E-state index contributed by atoms with van der Waals surface area (Å²) >= 11 is 0. The van der Waals surface area contributed by atoms with Crippen molar-refractivity contribution in [3.8, 4) is 0 Å². The monoisotopic (exact) mass is 231 g/mol. The van der Waals surface area contributed by atoms with Crippen molar-refractivity contribution in [2.24, 2.45) is 0 Å². The summed E-state index contributed by atoms with van der Waals surface area (Å²) in [6.45, 7) is 10.9. The maximum absolute atomic E-state index is 4.73. The third-order valence-corrected chi connectivity index (χ3v) is 3.14. The van der Waals surface area contributed by atoms with Crippen molar-refractivity contribution in [3.05, 3.63) is 23.7 Å². The maximum Gasteiger partial charge on any atom is 0.159 e. The zero-order valence-electron chi connectivity index (χ0n) is 11.4. The molecule has 0 amide bonds. The molecule has 0 fully saturated rings. The van der Waals surface area contributed by atoms with Crippen LogP contribution in [-0.4, -0.2) is 14.5 Å². The fourth-order valence-corrected chi connectivity index (χ4v) is 2.06. The molecule has 2 heterocycles. The molecule has 0 spiro atoms. The zero-order chi connectivity index (χ0) is 12.6. The molecule has 92 valence electrons. The van der Waals surface area contributed by atoms with Gasteiger partial charge in [0.25, 0.3) is 0 Å². The van der Waals surface area contributed by atoms with Crippen LogP contribution in [0.2, 0.25) is 0 Å². The molecule has 3 heteroatoms. The largest absolute Gasteiger partial charge is 0.328 e. The Hall–Kier alpha value is -1.38. The Bertz CT molecular complexity index is 523. The van der Waals surface area contributed by atoms with Crippen molar-refractivity contribution < 1.29 is 0 Å². The normalized spacial score (nSPS) is 11.9. The van der Waals surface area contributed by atoms with Crippen molar-refractivity contribution in [1.29, 1.82) is 0 Å². The summed E-state index contributed by atoms with van der Waals surface area (Å²) in [4.78, 5) is 9.31. The van der Waals surface area contributed by atoms with Crippen LogP contribution in [0.3, 0.4) is 0 Å². The van der Waals surface area contributed by atoms with Crippen molar-refractivity contribution in [3.63, 3.8) is 0 Å². The fraction of sp³-hybridized carbons (Fsp3) is 0.571. The number of fused-ring (bicyclic) bond motifs is 1. The molecule has 0 aliphatic carbocycles. The molecule has 2 aromatic rings. The smallest absolute Gasteiger partial charge is 0.159 e. The van der Waals surface area contributed by atoms with Gasteiger partial charge in [-0.3, -0.25) is 0 Å². The summed E-state index contributed by atoms with van der Waals surface area (Å²) in [7, 11) is 0. The molecule has 0 bridgehead atoms. The van der Waals surface area contributed by atoms with Gasteiger partial charge in [-0.2, -0.15) is 0 Å². The van der Waals surface area contributed by atoms with E-state index in [1.54, 1.807) is 0 Å². The van der Waals surface area contributed by atoms with Crippen LogP contribution in [0.25, 0.3) is 11.2 Å². The minimum absolute atomic E-state index is 0.423. The van der Waals surface area contributed by atoms with Crippen molar-refractivity contribution in [1.82, 2.24) is 14.5 Å². The lowest BCUT2D eigenvalue weighted by Crippen LogP contribution is -2.00. The first kappa shape index (κ1) is 12.1. The molecule has 0 N–H and O–H groups in total. The summed E-state index contributed by atoms with van der Waals surface area (Å²) in [5, 5.41) is 0. The molecule has 2 aromatic heterocycles. The summed E-state index contributed by atoms with van der Waals surface area (Å²) < 4.78 is 2.22. The van der Waals surface area contributed by atoms with Gasteiger partial charge in [0.1, 0.15) is 5.52 Å². The molecule has 0 unspecified atom stereocenters. The maximum atomic E-state index is 4.73. The molecule has 0 saturated heterocycles. The number of hydrogen-bond acceptors (Lipinski definition) is 2. The Balaban J connectivity index is 2.72. The van der Waals surface area contributed by atoms with Crippen LogP contribution in [0.15, 0.2) is 12.4 Å². The first-order valence-electron chi connectivity index (χ1n) is 6.41. The van der Waals surface area contributed by atoms with E-state index in [4.69, 9.17) is 4.98 Å². The van der Waals surface area contributed by atoms with Gasteiger partial charge in [-0.1, -0.05) is 20.8 Å². The SMILES string of the molecule is CCc1cnc2c(n1)c(C(C)C)cn2C(C)C. The molecule has 3 nitrogen and oxygen atoms in total. The number of nitrogens with zero attached hydrogens (tertiary/aromatic N) is 3. The van der Waals surface area contributed by atoms with E-state index in [9.17, 15) is 0 Å². The average Bonchev–Trinajstić information content (AvgIpc) is 2.67. The van der Waals surface area contributed by atoms with Gasteiger partial charge in [0.05, 0.1) is 11.9 Å². The third kappa shape index (κ3) is 2.06. The predicted molar refractivity (Wildman–Crippen MR) is 71.4 cm³/mol. The van der Waals surface area contributed by atoms with Gasteiger partial charge in [0.15, 0.2) is 5.65 Å². The van der Waals surface area contributed by atoms with E-state index >= 15 is 0 Å². The van der Waals surface area contributed by atoms with E-state index in [2.05, 4.69) is 50.4 Å². The van der Waals surface area contributed by atoms with Crippen LogP contribution >= 0.6 is 0 Å². The highest BCUT2D eigenvalue weighted by atomic mass is 15.1. The van der Waals surface area contributed by atoms with Gasteiger partial charge in [0, 0.05) is 17.8 Å². The topological polar surface area (TPSA) is 30.7 Å². The minimum Gasteiger partial charge on any atom is -0.328 e. The quantitative estimate of drug-likeness (QED) is 0.806. The second-order valence-corrected chi connectivity index (χ2v) is 5.13. The summed E-state index contributed by atoms with van der Waals surface area (Å²) in [5.41, 5.74) is 4.46. The number of hydrogen-bond donors (Lipinski definition) is 0. The number of rotatable bonds is 3. The molecule has 0 radical (unpaired) electrons.